The van der Waals surface area contributed by atoms with Gasteiger partial charge in [-0.25, -0.2) is 4.98 Å². The van der Waals surface area contributed by atoms with E-state index in [4.69, 9.17) is 9.15 Å². The SMILES string of the molecule is CNC(C)c1c(OC)cccc1Sc1nc(C)co1. The van der Waals surface area contributed by atoms with Gasteiger partial charge in [-0.1, -0.05) is 6.07 Å². The molecule has 0 amide bonds. The molecule has 0 bridgehead atoms. The van der Waals surface area contributed by atoms with Crippen LogP contribution in [0.5, 0.6) is 5.75 Å². The molecule has 0 aliphatic carbocycles. The Morgan fingerprint density at radius 3 is 2.79 bits per heavy atom. The highest BCUT2D eigenvalue weighted by Crippen LogP contribution is 2.37. The van der Waals surface area contributed by atoms with Crippen molar-refractivity contribution in [2.75, 3.05) is 14.2 Å². The molecule has 0 radical (unpaired) electrons. The molecule has 2 aromatic rings. The lowest BCUT2D eigenvalue weighted by Gasteiger charge is -2.18. The fourth-order valence-corrected chi connectivity index (χ4v) is 2.84. The average Bonchev–Trinajstić information content (AvgIpc) is 2.83. The summed E-state index contributed by atoms with van der Waals surface area (Å²) < 4.78 is 10.8. The molecule has 1 atom stereocenters. The third-order valence-electron chi connectivity index (χ3n) is 2.91. The Morgan fingerprint density at radius 2 is 2.21 bits per heavy atom. The highest BCUT2D eigenvalue weighted by Gasteiger charge is 2.17. The number of aryl methyl sites for hydroxylation is 1. The van der Waals surface area contributed by atoms with Crippen LogP contribution in [0, 0.1) is 6.92 Å². The lowest BCUT2D eigenvalue weighted by molar-refractivity contribution is 0.401. The van der Waals surface area contributed by atoms with Crippen molar-refractivity contribution in [3.63, 3.8) is 0 Å². The van der Waals surface area contributed by atoms with Gasteiger partial charge in [0.2, 0.25) is 0 Å². The predicted molar refractivity (Wildman–Crippen MR) is 75.8 cm³/mol. The number of benzene rings is 1. The molecule has 102 valence electrons. The van der Waals surface area contributed by atoms with Crippen molar-refractivity contribution in [1.29, 1.82) is 0 Å². The Morgan fingerprint density at radius 1 is 1.42 bits per heavy atom. The number of methoxy groups -OCH3 is 1. The first kappa shape index (κ1) is 14.0. The van der Waals surface area contributed by atoms with Crippen LogP contribution in [0.25, 0.3) is 0 Å². The number of rotatable bonds is 5. The van der Waals surface area contributed by atoms with Crippen LogP contribution in [0.15, 0.2) is 39.0 Å². The van der Waals surface area contributed by atoms with Gasteiger partial charge in [-0.15, -0.1) is 0 Å². The molecule has 1 unspecified atom stereocenters. The molecule has 0 saturated heterocycles. The van der Waals surface area contributed by atoms with Crippen molar-refractivity contribution >= 4 is 11.8 Å². The van der Waals surface area contributed by atoms with E-state index in [-0.39, 0.29) is 6.04 Å². The summed E-state index contributed by atoms with van der Waals surface area (Å²) in [5, 5.41) is 3.89. The zero-order valence-corrected chi connectivity index (χ0v) is 12.4. The molecule has 2 rings (SSSR count). The first-order valence-corrected chi connectivity index (χ1v) is 6.91. The maximum absolute atomic E-state index is 5.45. The van der Waals surface area contributed by atoms with Crippen molar-refractivity contribution in [3.05, 3.63) is 35.7 Å². The van der Waals surface area contributed by atoms with Crippen molar-refractivity contribution < 1.29 is 9.15 Å². The highest BCUT2D eigenvalue weighted by molar-refractivity contribution is 7.99. The molecule has 1 heterocycles. The van der Waals surface area contributed by atoms with E-state index in [2.05, 4.69) is 23.3 Å². The lowest BCUT2D eigenvalue weighted by Crippen LogP contribution is -2.14. The number of ether oxygens (including phenoxy) is 1. The summed E-state index contributed by atoms with van der Waals surface area (Å²) in [7, 11) is 3.62. The maximum atomic E-state index is 5.45. The highest BCUT2D eigenvalue weighted by atomic mass is 32.2. The fourth-order valence-electron chi connectivity index (χ4n) is 1.84. The van der Waals surface area contributed by atoms with Gasteiger partial charge in [0.1, 0.15) is 12.0 Å². The molecule has 1 N–H and O–H groups in total. The zero-order chi connectivity index (χ0) is 13.8. The lowest BCUT2D eigenvalue weighted by atomic mass is 10.1. The second-order valence-electron chi connectivity index (χ2n) is 4.24. The van der Waals surface area contributed by atoms with Crippen molar-refractivity contribution in [2.45, 2.75) is 30.0 Å². The summed E-state index contributed by atoms with van der Waals surface area (Å²) in [6.45, 7) is 4.01. The summed E-state index contributed by atoms with van der Waals surface area (Å²) in [4.78, 5) is 5.41. The minimum Gasteiger partial charge on any atom is -0.496 e. The van der Waals surface area contributed by atoms with Crippen LogP contribution in [0.4, 0.5) is 0 Å². The fraction of sp³-hybridized carbons (Fsp3) is 0.357. The van der Waals surface area contributed by atoms with Gasteiger partial charge in [0, 0.05) is 16.5 Å². The van der Waals surface area contributed by atoms with E-state index >= 15 is 0 Å². The molecule has 0 spiro atoms. The van der Waals surface area contributed by atoms with Crippen molar-refractivity contribution in [2.24, 2.45) is 0 Å². The average molecular weight is 278 g/mol. The predicted octanol–water partition coefficient (Wildman–Crippen LogP) is 3.42. The van der Waals surface area contributed by atoms with Crippen LogP contribution < -0.4 is 10.1 Å². The normalized spacial score (nSPS) is 12.4. The van der Waals surface area contributed by atoms with Gasteiger partial charge in [-0.3, -0.25) is 0 Å². The molecule has 1 aromatic heterocycles. The second-order valence-corrected chi connectivity index (χ2v) is 5.23. The summed E-state index contributed by atoms with van der Waals surface area (Å²) in [6.07, 6.45) is 1.66. The smallest absolute Gasteiger partial charge is 0.260 e. The Labute approximate surface area is 117 Å². The van der Waals surface area contributed by atoms with E-state index in [0.717, 1.165) is 21.9 Å². The van der Waals surface area contributed by atoms with Crippen molar-refractivity contribution in [3.8, 4) is 5.75 Å². The molecule has 0 saturated carbocycles. The number of nitrogens with one attached hydrogen (secondary N) is 1. The number of hydrogen-bond donors (Lipinski definition) is 1. The molecule has 1 aromatic carbocycles. The first-order valence-electron chi connectivity index (χ1n) is 6.10. The van der Waals surface area contributed by atoms with Gasteiger partial charge in [0.15, 0.2) is 0 Å². The third-order valence-corrected chi connectivity index (χ3v) is 3.85. The largest absolute Gasteiger partial charge is 0.496 e. The number of nitrogens with zero attached hydrogens (tertiary/aromatic N) is 1. The first-order chi connectivity index (χ1) is 9.15. The number of hydrogen-bond acceptors (Lipinski definition) is 5. The van der Waals surface area contributed by atoms with E-state index in [1.54, 1.807) is 13.4 Å². The van der Waals surface area contributed by atoms with Crippen LogP contribution in [0.3, 0.4) is 0 Å². The Kier molecular flexibility index (Phi) is 4.50. The van der Waals surface area contributed by atoms with E-state index < -0.39 is 0 Å². The van der Waals surface area contributed by atoms with Gasteiger partial charge in [-0.2, -0.15) is 0 Å². The summed E-state index contributed by atoms with van der Waals surface area (Å²) in [5.41, 5.74) is 2.00. The standard InChI is InChI=1S/C14H18N2O2S/c1-9-8-18-14(16-9)19-12-7-5-6-11(17-4)13(12)10(2)15-3/h5-8,10,15H,1-4H3. The molecule has 19 heavy (non-hydrogen) atoms. The number of oxazole rings is 1. The minimum absolute atomic E-state index is 0.190. The molecule has 5 heteroatoms. The summed E-state index contributed by atoms with van der Waals surface area (Å²) >= 11 is 1.51. The molecule has 0 aliphatic rings. The van der Waals surface area contributed by atoms with E-state index in [9.17, 15) is 0 Å². The van der Waals surface area contributed by atoms with E-state index in [0.29, 0.717) is 5.22 Å². The van der Waals surface area contributed by atoms with Crippen LogP contribution in [-0.4, -0.2) is 19.1 Å². The van der Waals surface area contributed by atoms with E-state index in [1.165, 1.54) is 11.8 Å². The second kappa shape index (κ2) is 6.12. The van der Waals surface area contributed by atoms with Crippen LogP contribution in [0.2, 0.25) is 0 Å². The Balaban J connectivity index is 2.38. The van der Waals surface area contributed by atoms with Gasteiger partial charge in [0.25, 0.3) is 5.22 Å². The summed E-state index contributed by atoms with van der Waals surface area (Å²) in [6, 6.07) is 6.18. The molecule has 0 fully saturated rings. The molecular weight excluding hydrogens is 260 g/mol. The van der Waals surface area contributed by atoms with Crippen LogP contribution in [0.1, 0.15) is 24.2 Å². The zero-order valence-electron chi connectivity index (χ0n) is 11.6. The molecular formula is C14H18N2O2S. The van der Waals surface area contributed by atoms with Crippen molar-refractivity contribution in [1.82, 2.24) is 10.3 Å². The maximum Gasteiger partial charge on any atom is 0.260 e. The van der Waals surface area contributed by atoms with Crippen LogP contribution in [-0.2, 0) is 0 Å². The number of aromatic nitrogens is 1. The van der Waals surface area contributed by atoms with Gasteiger partial charge in [-0.05, 0) is 44.8 Å². The van der Waals surface area contributed by atoms with Gasteiger partial charge < -0.3 is 14.5 Å². The Hall–Kier alpha value is -1.46. The topological polar surface area (TPSA) is 47.3 Å². The van der Waals surface area contributed by atoms with Gasteiger partial charge >= 0.3 is 0 Å². The molecule has 0 aliphatic heterocycles. The third kappa shape index (κ3) is 3.11. The van der Waals surface area contributed by atoms with E-state index in [1.807, 2.05) is 26.1 Å². The Bertz CT molecular complexity index is 554. The van der Waals surface area contributed by atoms with Gasteiger partial charge in [0.05, 0.1) is 12.8 Å². The minimum atomic E-state index is 0.190. The monoisotopic (exact) mass is 278 g/mol. The quantitative estimate of drug-likeness (QED) is 0.908. The molecule has 4 nitrogen and oxygen atoms in total. The van der Waals surface area contributed by atoms with Crippen LogP contribution >= 0.6 is 11.8 Å². The summed E-state index contributed by atoms with van der Waals surface area (Å²) in [5.74, 6) is 0.870.